The standard InChI is InChI=1S/C24H19BrCl2N2O4S/c25-16-5-10-21-20(12-16)23(30)29(33-22-2-1-11-34(22,31)32)24(21,15-3-6-17(26)7-4-15)13-19-9-8-18(27)14-28-19/h3-10,12,14,22H,1-2,11,13H2. The Kier molecular flexibility index (Phi) is 6.23. The molecule has 2 aliphatic heterocycles. The van der Waals surface area contributed by atoms with Gasteiger partial charge in [-0.2, -0.15) is 0 Å². The number of aromatic nitrogens is 1. The maximum Gasteiger partial charge on any atom is 0.279 e. The van der Waals surface area contributed by atoms with Crippen LogP contribution in [-0.2, 0) is 26.6 Å². The Morgan fingerprint density at radius 3 is 2.47 bits per heavy atom. The summed E-state index contributed by atoms with van der Waals surface area (Å²) in [5, 5.41) is 2.26. The molecule has 2 aromatic carbocycles. The molecule has 2 atom stereocenters. The lowest BCUT2D eigenvalue weighted by molar-refractivity contribution is -0.182. The Morgan fingerprint density at radius 2 is 1.82 bits per heavy atom. The largest absolute Gasteiger partial charge is 0.279 e. The van der Waals surface area contributed by atoms with Crippen molar-refractivity contribution in [3.63, 3.8) is 0 Å². The minimum atomic E-state index is -3.49. The molecule has 34 heavy (non-hydrogen) atoms. The second kappa shape index (κ2) is 8.91. The number of hydrogen-bond donors (Lipinski definition) is 0. The molecule has 10 heteroatoms. The first kappa shape index (κ1) is 23.8. The van der Waals surface area contributed by atoms with Gasteiger partial charge in [-0.05, 0) is 60.4 Å². The molecule has 1 fully saturated rings. The van der Waals surface area contributed by atoms with Gasteiger partial charge >= 0.3 is 0 Å². The van der Waals surface area contributed by atoms with Crippen molar-refractivity contribution in [1.82, 2.24) is 10.0 Å². The van der Waals surface area contributed by atoms with Crippen LogP contribution in [0.25, 0.3) is 0 Å². The number of sulfone groups is 1. The van der Waals surface area contributed by atoms with Gasteiger partial charge in [0.2, 0.25) is 0 Å². The highest BCUT2D eigenvalue weighted by Gasteiger charge is 2.54. The second-order valence-corrected chi connectivity index (χ2v) is 12.4. The number of benzene rings is 2. The number of halogens is 3. The van der Waals surface area contributed by atoms with Gasteiger partial charge in [-0.15, -0.1) is 0 Å². The third-order valence-corrected chi connectivity index (χ3v) is 9.18. The number of fused-ring (bicyclic) bond motifs is 1. The van der Waals surface area contributed by atoms with Crippen LogP contribution in [0.5, 0.6) is 0 Å². The van der Waals surface area contributed by atoms with E-state index in [2.05, 4.69) is 20.9 Å². The van der Waals surface area contributed by atoms with Crippen molar-refractivity contribution in [2.24, 2.45) is 0 Å². The lowest BCUT2D eigenvalue weighted by Crippen LogP contribution is -2.49. The van der Waals surface area contributed by atoms with Crippen molar-refractivity contribution in [3.8, 4) is 0 Å². The predicted octanol–water partition coefficient (Wildman–Crippen LogP) is 5.56. The summed E-state index contributed by atoms with van der Waals surface area (Å²) in [5.41, 5.74) is 0.226. The monoisotopic (exact) mass is 580 g/mol. The molecule has 6 nitrogen and oxygen atoms in total. The summed E-state index contributed by atoms with van der Waals surface area (Å²) in [7, 11) is -3.49. The van der Waals surface area contributed by atoms with Gasteiger partial charge in [0.25, 0.3) is 5.91 Å². The Hall–Kier alpha value is -1.97. The molecule has 2 aliphatic rings. The van der Waals surface area contributed by atoms with Crippen molar-refractivity contribution in [1.29, 1.82) is 0 Å². The molecule has 1 saturated heterocycles. The number of carbonyl (C=O) groups excluding carboxylic acids is 1. The zero-order valence-corrected chi connectivity index (χ0v) is 21.7. The first-order chi connectivity index (χ1) is 16.2. The molecule has 1 aromatic heterocycles. The van der Waals surface area contributed by atoms with E-state index in [0.717, 1.165) is 10.0 Å². The summed E-state index contributed by atoms with van der Waals surface area (Å²) >= 11 is 15.7. The van der Waals surface area contributed by atoms with E-state index in [1.54, 1.807) is 36.5 Å². The van der Waals surface area contributed by atoms with E-state index >= 15 is 0 Å². The van der Waals surface area contributed by atoms with Crippen molar-refractivity contribution in [2.45, 2.75) is 30.2 Å². The highest BCUT2D eigenvalue weighted by Crippen LogP contribution is 2.48. The Bertz CT molecular complexity index is 1370. The van der Waals surface area contributed by atoms with Crippen molar-refractivity contribution < 1.29 is 18.0 Å². The number of amides is 1. The SMILES string of the molecule is O=C1c2cc(Br)ccc2C(Cc2ccc(Cl)cn2)(c2ccc(Cl)cc2)N1OC1CCCS1(=O)=O. The molecule has 1 amide bonds. The third-order valence-electron chi connectivity index (χ3n) is 6.23. The second-order valence-electron chi connectivity index (χ2n) is 8.35. The van der Waals surface area contributed by atoms with E-state index in [4.69, 9.17) is 28.0 Å². The quantitative estimate of drug-likeness (QED) is 0.394. The molecule has 0 spiro atoms. The minimum absolute atomic E-state index is 0.0326. The predicted molar refractivity (Wildman–Crippen MR) is 133 cm³/mol. The number of carbonyl (C=O) groups is 1. The average molecular weight is 582 g/mol. The van der Waals surface area contributed by atoms with Gasteiger partial charge in [-0.25, -0.2) is 18.3 Å². The number of rotatable bonds is 5. The molecule has 176 valence electrons. The molecule has 0 radical (unpaired) electrons. The zero-order valence-electron chi connectivity index (χ0n) is 17.7. The summed E-state index contributed by atoms with van der Waals surface area (Å²) in [4.78, 5) is 24.3. The van der Waals surface area contributed by atoms with E-state index < -0.39 is 26.7 Å². The van der Waals surface area contributed by atoms with Gasteiger partial charge in [0.15, 0.2) is 15.3 Å². The van der Waals surface area contributed by atoms with Crippen LogP contribution in [0.3, 0.4) is 0 Å². The van der Waals surface area contributed by atoms with E-state index in [-0.39, 0.29) is 12.2 Å². The smallest absolute Gasteiger partial charge is 0.267 e. The minimum Gasteiger partial charge on any atom is -0.267 e. The lowest BCUT2D eigenvalue weighted by atomic mass is 9.79. The molecule has 0 N–H and O–H groups in total. The molecule has 2 unspecified atom stereocenters. The van der Waals surface area contributed by atoms with Gasteiger partial charge < -0.3 is 0 Å². The Morgan fingerprint density at radius 1 is 1.09 bits per heavy atom. The van der Waals surface area contributed by atoms with E-state index in [0.29, 0.717) is 39.7 Å². The fourth-order valence-corrected chi connectivity index (χ4v) is 6.80. The summed E-state index contributed by atoms with van der Waals surface area (Å²) in [6.45, 7) is 0. The highest BCUT2D eigenvalue weighted by molar-refractivity contribution is 9.10. The van der Waals surface area contributed by atoms with E-state index in [1.165, 1.54) is 5.06 Å². The molecule has 3 heterocycles. The molecule has 0 bridgehead atoms. The first-order valence-electron chi connectivity index (χ1n) is 10.6. The molecular weight excluding hydrogens is 563 g/mol. The molecule has 3 aromatic rings. The third kappa shape index (κ3) is 4.05. The summed E-state index contributed by atoms with van der Waals surface area (Å²) in [6, 6.07) is 16.1. The van der Waals surface area contributed by atoms with Crippen molar-refractivity contribution in [3.05, 3.63) is 97.7 Å². The van der Waals surface area contributed by atoms with Gasteiger partial charge in [0.05, 0.1) is 10.8 Å². The summed E-state index contributed by atoms with van der Waals surface area (Å²) in [6.07, 6.45) is 2.58. The van der Waals surface area contributed by atoms with Crippen molar-refractivity contribution >= 4 is 54.9 Å². The van der Waals surface area contributed by atoms with E-state index in [9.17, 15) is 13.2 Å². The van der Waals surface area contributed by atoms with E-state index in [1.807, 2.05) is 24.3 Å². The summed E-state index contributed by atoms with van der Waals surface area (Å²) < 4.78 is 26.0. The normalized spacial score (nSPS) is 23.3. The topological polar surface area (TPSA) is 76.6 Å². The molecule has 0 aliphatic carbocycles. The van der Waals surface area contributed by atoms with Crippen LogP contribution in [0, 0.1) is 0 Å². The number of hydrogen-bond acceptors (Lipinski definition) is 5. The van der Waals surface area contributed by atoms with Crippen molar-refractivity contribution in [2.75, 3.05) is 5.75 Å². The fraction of sp³-hybridized carbons (Fsp3) is 0.250. The first-order valence-corrected chi connectivity index (χ1v) is 13.9. The van der Waals surface area contributed by atoms with Crippen LogP contribution in [0.2, 0.25) is 10.0 Å². The maximum absolute atomic E-state index is 13.8. The van der Waals surface area contributed by atoms with Gasteiger partial charge in [0, 0.05) is 33.4 Å². The average Bonchev–Trinajstić information content (AvgIpc) is 3.25. The van der Waals surface area contributed by atoms with Crippen LogP contribution in [0.1, 0.15) is 40.0 Å². The number of hydroxylamine groups is 2. The molecular formula is C24H19BrCl2N2O4S. The Balaban J connectivity index is 1.74. The van der Waals surface area contributed by atoms with Gasteiger partial charge in [-0.3, -0.25) is 9.78 Å². The van der Waals surface area contributed by atoms with Crippen LogP contribution >= 0.6 is 39.1 Å². The number of pyridine rings is 1. The molecule has 5 rings (SSSR count). The summed E-state index contributed by atoms with van der Waals surface area (Å²) in [5.74, 6) is -0.382. The van der Waals surface area contributed by atoms with Gasteiger partial charge in [0.1, 0.15) is 5.54 Å². The number of nitrogens with zero attached hydrogens (tertiary/aromatic N) is 2. The van der Waals surface area contributed by atoms with Crippen LogP contribution in [0.4, 0.5) is 0 Å². The Labute approximate surface area is 215 Å². The van der Waals surface area contributed by atoms with Crippen LogP contribution < -0.4 is 0 Å². The lowest BCUT2D eigenvalue weighted by Gasteiger charge is -2.39. The van der Waals surface area contributed by atoms with Crippen LogP contribution in [-0.4, -0.2) is 35.6 Å². The fourth-order valence-electron chi connectivity index (χ4n) is 4.62. The highest BCUT2D eigenvalue weighted by atomic mass is 79.9. The van der Waals surface area contributed by atoms with Gasteiger partial charge in [-0.1, -0.05) is 57.3 Å². The zero-order chi connectivity index (χ0) is 24.1. The van der Waals surface area contributed by atoms with Crippen LogP contribution in [0.15, 0.2) is 65.3 Å². The maximum atomic E-state index is 13.8. The molecule has 0 saturated carbocycles.